The van der Waals surface area contributed by atoms with Crippen LogP contribution in [0.4, 0.5) is 0 Å². The molecule has 3 fully saturated rings. The van der Waals surface area contributed by atoms with Crippen molar-refractivity contribution < 1.29 is 14.7 Å². The first-order valence-corrected chi connectivity index (χ1v) is 10.6. The number of nitrogens with one attached hydrogen (secondary N) is 1. The van der Waals surface area contributed by atoms with Gasteiger partial charge in [-0.15, -0.1) is 0 Å². The fourth-order valence-electron chi connectivity index (χ4n) is 7.29. The lowest BCUT2D eigenvalue weighted by atomic mass is 9.47. The number of nitrogens with zero attached hydrogens (tertiary/aromatic N) is 1. The summed E-state index contributed by atoms with van der Waals surface area (Å²) >= 11 is 0. The van der Waals surface area contributed by atoms with Gasteiger partial charge in [-0.05, 0) is 67.1 Å². The number of hydrogen-bond acceptors (Lipinski definition) is 3. The van der Waals surface area contributed by atoms with E-state index in [-0.39, 0.29) is 40.7 Å². The number of amides is 2. The highest BCUT2D eigenvalue weighted by molar-refractivity contribution is 5.88. The van der Waals surface area contributed by atoms with E-state index in [1.54, 1.807) is 6.92 Å². The zero-order valence-electron chi connectivity index (χ0n) is 17.1. The zero-order chi connectivity index (χ0) is 19.6. The summed E-state index contributed by atoms with van der Waals surface area (Å²) in [6.07, 6.45) is 7.31. The van der Waals surface area contributed by atoms with Gasteiger partial charge in [0.1, 0.15) is 0 Å². The number of likely N-dealkylation sites (N-methyl/N-ethyl adjacent to an activating group) is 1. The Balaban J connectivity index is 1.68. The molecule has 5 heteroatoms. The van der Waals surface area contributed by atoms with Gasteiger partial charge >= 0.3 is 0 Å². The second-order valence-electron chi connectivity index (χ2n) is 10.0. The third-order valence-corrected chi connectivity index (χ3v) is 8.69. The molecule has 0 aromatic rings. The second-order valence-corrected chi connectivity index (χ2v) is 10.0. The Morgan fingerprint density at radius 2 is 2.04 bits per heavy atom. The zero-order valence-corrected chi connectivity index (χ0v) is 17.1. The van der Waals surface area contributed by atoms with E-state index in [0.29, 0.717) is 11.8 Å². The van der Waals surface area contributed by atoms with Crippen LogP contribution in [0.5, 0.6) is 0 Å². The molecule has 0 bridgehead atoms. The molecule has 2 amide bonds. The first kappa shape index (κ1) is 19.0. The summed E-state index contributed by atoms with van der Waals surface area (Å²) in [6.45, 7) is 6.91. The van der Waals surface area contributed by atoms with Gasteiger partial charge in [-0.3, -0.25) is 9.59 Å². The highest BCUT2D eigenvalue weighted by Gasteiger charge is 2.61. The number of carbonyl (C=O) groups excluding carboxylic acids is 2. The van der Waals surface area contributed by atoms with E-state index in [0.717, 1.165) is 45.1 Å². The maximum atomic E-state index is 12.4. The fourth-order valence-corrected chi connectivity index (χ4v) is 7.29. The van der Waals surface area contributed by atoms with Crippen molar-refractivity contribution in [2.75, 3.05) is 13.6 Å². The average molecular weight is 375 g/mol. The van der Waals surface area contributed by atoms with Crippen LogP contribution in [0.15, 0.2) is 11.6 Å². The van der Waals surface area contributed by atoms with Crippen LogP contribution in [-0.4, -0.2) is 47.6 Å². The Hall–Kier alpha value is -1.36. The van der Waals surface area contributed by atoms with Crippen molar-refractivity contribution in [3.63, 3.8) is 0 Å². The molecule has 0 radical (unpaired) electrons. The Morgan fingerprint density at radius 3 is 2.74 bits per heavy atom. The van der Waals surface area contributed by atoms with Crippen LogP contribution in [-0.2, 0) is 9.59 Å². The van der Waals surface area contributed by atoms with Gasteiger partial charge in [-0.25, -0.2) is 0 Å². The lowest BCUT2D eigenvalue weighted by Crippen LogP contribution is -2.58. The van der Waals surface area contributed by atoms with Gasteiger partial charge in [0.25, 0.3) is 0 Å². The largest absolute Gasteiger partial charge is 0.393 e. The average Bonchev–Trinajstić information content (AvgIpc) is 2.84. The quantitative estimate of drug-likeness (QED) is 0.741. The summed E-state index contributed by atoms with van der Waals surface area (Å²) in [5.41, 5.74) is 1.12. The van der Waals surface area contributed by atoms with Gasteiger partial charge in [0.2, 0.25) is 11.8 Å². The molecule has 0 aromatic heterocycles. The van der Waals surface area contributed by atoms with Crippen molar-refractivity contribution in [2.45, 2.75) is 71.4 Å². The third kappa shape index (κ3) is 2.76. The van der Waals surface area contributed by atoms with E-state index in [2.05, 4.69) is 19.2 Å². The van der Waals surface area contributed by atoms with Gasteiger partial charge in [0.05, 0.1) is 6.10 Å². The van der Waals surface area contributed by atoms with E-state index in [1.165, 1.54) is 5.57 Å². The molecular weight excluding hydrogens is 340 g/mol. The van der Waals surface area contributed by atoms with Gasteiger partial charge in [-0.2, -0.15) is 0 Å². The van der Waals surface area contributed by atoms with Crippen LogP contribution in [0, 0.1) is 28.6 Å². The molecule has 27 heavy (non-hydrogen) atoms. The number of carbonyl (C=O) groups is 2. The maximum Gasteiger partial charge on any atom is 0.246 e. The summed E-state index contributed by atoms with van der Waals surface area (Å²) in [5, 5.41) is 14.5. The number of hydrogen-bond donors (Lipinski definition) is 2. The lowest BCUT2D eigenvalue weighted by Gasteiger charge is -2.59. The normalized spacial score (nSPS) is 46.7. The van der Waals surface area contributed by atoms with Crippen LogP contribution >= 0.6 is 0 Å². The van der Waals surface area contributed by atoms with Gasteiger partial charge < -0.3 is 15.3 Å². The highest BCUT2D eigenvalue weighted by atomic mass is 16.3. The monoisotopic (exact) mass is 374 g/mol. The predicted molar refractivity (Wildman–Crippen MR) is 104 cm³/mol. The molecule has 0 spiro atoms. The van der Waals surface area contributed by atoms with Gasteiger partial charge in [0, 0.05) is 32.6 Å². The van der Waals surface area contributed by atoms with E-state index >= 15 is 0 Å². The molecule has 4 aliphatic rings. The van der Waals surface area contributed by atoms with Crippen molar-refractivity contribution in [1.29, 1.82) is 0 Å². The molecule has 3 saturated carbocycles. The number of aliphatic hydroxyl groups is 1. The summed E-state index contributed by atoms with van der Waals surface area (Å²) < 4.78 is 0. The van der Waals surface area contributed by atoms with Crippen molar-refractivity contribution >= 4 is 11.8 Å². The lowest BCUT2D eigenvalue weighted by molar-refractivity contribution is -0.130. The van der Waals surface area contributed by atoms with Crippen molar-refractivity contribution in [1.82, 2.24) is 10.2 Å². The number of aliphatic hydroxyl groups excluding tert-OH is 1. The van der Waals surface area contributed by atoms with Crippen LogP contribution in [0.1, 0.15) is 59.3 Å². The summed E-state index contributed by atoms with van der Waals surface area (Å²) in [6, 6.07) is 0.169. The number of fused-ring (bicyclic) bond motifs is 5. The summed E-state index contributed by atoms with van der Waals surface area (Å²) in [5.74, 6) is 1.36. The van der Waals surface area contributed by atoms with Crippen molar-refractivity contribution in [2.24, 2.45) is 28.6 Å². The molecule has 0 saturated heterocycles. The van der Waals surface area contributed by atoms with Gasteiger partial charge in [-0.1, -0.05) is 19.4 Å². The molecule has 1 heterocycles. The standard InChI is InChI=1S/C22H34N2O3/c1-13(25)23-18-8-7-16-15-6-5-14-11-19(27)24(4)10-9-21(14,2)20(15)17(26)12-22(16,18)3/h11,15-18,20,26H,5-10,12H2,1-4H3,(H,23,25)/t15?,16?,17-,18-,20?,21-,22-/m0/s1. The van der Waals surface area contributed by atoms with E-state index in [9.17, 15) is 14.7 Å². The number of rotatable bonds is 1. The fraction of sp³-hybridized carbons (Fsp3) is 0.818. The Kier molecular flexibility index (Phi) is 4.45. The third-order valence-electron chi connectivity index (χ3n) is 8.69. The van der Waals surface area contributed by atoms with Crippen LogP contribution in [0.3, 0.4) is 0 Å². The molecule has 1 aliphatic heterocycles. The molecule has 2 N–H and O–H groups in total. The van der Waals surface area contributed by atoms with Crippen molar-refractivity contribution in [3.05, 3.63) is 11.6 Å². The Morgan fingerprint density at radius 1 is 1.30 bits per heavy atom. The predicted octanol–water partition coefficient (Wildman–Crippen LogP) is 2.49. The van der Waals surface area contributed by atoms with Crippen LogP contribution in [0.2, 0.25) is 0 Å². The molecule has 4 rings (SSSR count). The SMILES string of the molecule is CC(=O)N[C@H]1CCC2C3CCC4=CC(=O)N(C)CC[C@]4(C)C3[C@@H](O)C[C@@]21C. The number of allylic oxidation sites excluding steroid dienone is 1. The van der Waals surface area contributed by atoms with Crippen LogP contribution in [0.25, 0.3) is 0 Å². The minimum Gasteiger partial charge on any atom is -0.393 e. The van der Waals surface area contributed by atoms with E-state index in [1.807, 2.05) is 18.0 Å². The molecule has 5 nitrogen and oxygen atoms in total. The Bertz CT molecular complexity index is 689. The molecule has 0 aromatic carbocycles. The minimum absolute atomic E-state index is 0.0266. The molecule has 150 valence electrons. The first-order chi connectivity index (χ1) is 12.7. The smallest absolute Gasteiger partial charge is 0.246 e. The molecule has 3 unspecified atom stereocenters. The Labute approximate surface area is 162 Å². The molecule has 3 aliphatic carbocycles. The van der Waals surface area contributed by atoms with Crippen molar-refractivity contribution in [3.8, 4) is 0 Å². The minimum atomic E-state index is -0.377. The van der Waals surface area contributed by atoms with E-state index in [4.69, 9.17) is 0 Å². The molecule has 7 atom stereocenters. The summed E-state index contributed by atoms with van der Waals surface area (Å²) in [7, 11) is 1.88. The second kappa shape index (κ2) is 6.33. The van der Waals surface area contributed by atoms with Crippen LogP contribution < -0.4 is 5.32 Å². The highest BCUT2D eigenvalue weighted by Crippen LogP contribution is 2.64. The molecular formula is C22H34N2O3. The van der Waals surface area contributed by atoms with Gasteiger partial charge in [0.15, 0.2) is 0 Å². The van der Waals surface area contributed by atoms with E-state index < -0.39 is 0 Å². The maximum absolute atomic E-state index is 12.4. The first-order valence-electron chi connectivity index (χ1n) is 10.6. The topological polar surface area (TPSA) is 69.6 Å². The summed E-state index contributed by atoms with van der Waals surface area (Å²) in [4.78, 5) is 25.9.